The van der Waals surface area contributed by atoms with Crippen LogP contribution in [0.3, 0.4) is 0 Å². The van der Waals surface area contributed by atoms with E-state index in [1.165, 1.54) is 20.3 Å². The third-order valence-corrected chi connectivity index (χ3v) is 5.85. The maximum atomic E-state index is 6.70. The molecule has 100 valence electrons. The van der Waals surface area contributed by atoms with Crippen LogP contribution in [-0.4, -0.2) is 0 Å². The van der Waals surface area contributed by atoms with Crippen LogP contribution in [0, 0.1) is 17.4 Å². The van der Waals surface area contributed by atoms with Crippen LogP contribution in [0.15, 0.2) is 39.3 Å². The summed E-state index contributed by atoms with van der Waals surface area (Å²) in [5, 5.41) is -0.129. The summed E-state index contributed by atoms with van der Waals surface area (Å²) in [6.07, 6.45) is 0. The van der Waals surface area contributed by atoms with Crippen molar-refractivity contribution in [2.24, 2.45) is 0 Å². The molecule has 19 heavy (non-hydrogen) atoms. The highest BCUT2D eigenvalue weighted by Crippen LogP contribution is 2.36. The first kappa shape index (κ1) is 15.8. The van der Waals surface area contributed by atoms with Gasteiger partial charge in [-0.1, -0.05) is 37.9 Å². The summed E-state index contributed by atoms with van der Waals surface area (Å²) < 4.78 is 3.36. The summed E-state index contributed by atoms with van der Waals surface area (Å²) in [7, 11) is 0. The zero-order valence-electron chi connectivity index (χ0n) is 10.5. The third kappa shape index (κ3) is 3.55. The topological polar surface area (TPSA) is 0 Å². The number of rotatable bonds is 2. The Morgan fingerprint density at radius 2 is 1.68 bits per heavy atom. The molecule has 0 spiro atoms. The number of hydrogen-bond acceptors (Lipinski definition) is 0. The largest absolute Gasteiger partial charge is 0.113 e. The van der Waals surface area contributed by atoms with Crippen LogP contribution in [0.2, 0.25) is 0 Å². The Morgan fingerprint density at radius 3 is 2.37 bits per heavy atom. The van der Waals surface area contributed by atoms with Gasteiger partial charge in [-0.05, 0) is 83.0 Å². The molecular weight excluding hydrogens is 502 g/mol. The molecule has 0 bridgehead atoms. The summed E-state index contributed by atoms with van der Waals surface area (Å²) in [6, 6.07) is 10.5. The zero-order valence-corrected chi connectivity index (χ0v) is 16.6. The average molecular weight is 514 g/mol. The van der Waals surface area contributed by atoms with Crippen LogP contribution in [0.1, 0.15) is 27.6 Å². The molecule has 0 aromatic heterocycles. The predicted molar refractivity (Wildman–Crippen MR) is 98.2 cm³/mol. The fourth-order valence-corrected chi connectivity index (χ4v) is 4.04. The number of hydrogen-bond donors (Lipinski definition) is 0. The van der Waals surface area contributed by atoms with Crippen molar-refractivity contribution in [2.45, 2.75) is 19.2 Å². The molecule has 0 aliphatic rings. The zero-order chi connectivity index (χ0) is 14.2. The second-order valence-corrected chi connectivity index (χ2v) is 7.86. The third-order valence-electron chi connectivity index (χ3n) is 3.05. The van der Waals surface area contributed by atoms with E-state index in [1.54, 1.807) is 0 Å². The van der Waals surface area contributed by atoms with Crippen molar-refractivity contribution in [3.05, 3.63) is 65.1 Å². The molecule has 0 saturated carbocycles. The lowest BCUT2D eigenvalue weighted by Gasteiger charge is -2.17. The van der Waals surface area contributed by atoms with Crippen molar-refractivity contribution in [1.29, 1.82) is 0 Å². The van der Waals surface area contributed by atoms with Gasteiger partial charge in [-0.2, -0.15) is 0 Å². The van der Waals surface area contributed by atoms with Crippen molar-refractivity contribution < 1.29 is 0 Å². The van der Waals surface area contributed by atoms with E-state index in [4.69, 9.17) is 11.6 Å². The Kier molecular flexibility index (Phi) is 5.37. The van der Waals surface area contributed by atoms with Gasteiger partial charge in [0.2, 0.25) is 0 Å². The summed E-state index contributed by atoms with van der Waals surface area (Å²) >= 11 is 16.1. The van der Waals surface area contributed by atoms with Crippen LogP contribution in [0.25, 0.3) is 0 Å². The smallest absolute Gasteiger partial charge is 0.0848 e. The molecule has 0 radical (unpaired) electrons. The lowest BCUT2D eigenvalue weighted by molar-refractivity contribution is 1.09. The van der Waals surface area contributed by atoms with Crippen molar-refractivity contribution in [1.82, 2.24) is 0 Å². The Labute approximate surface area is 149 Å². The van der Waals surface area contributed by atoms with Gasteiger partial charge in [0.05, 0.1) is 5.38 Å². The minimum absolute atomic E-state index is 0.129. The Balaban J connectivity index is 2.52. The molecule has 0 fully saturated rings. The second kappa shape index (κ2) is 6.46. The molecule has 2 aromatic carbocycles. The maximum Gasteiger partial charge on any atom is 0.0848 e. The molecule has 2 aromatic rings. The minimum atomic E-state index is -0.129. The molecule has 0 aliphatic carbocycles. The molecule has 1 unspecified atom stereocenters. The van der Waals surface area contributed by atoms with Crippen molar-refractivity contribution >= 4 is 66.1 Å². The maximum absolute atomic E-state index is 6.70. The van der Waals surface area contributed by atoms with E-state index in [-0.39, 0.29) is 5.38 Å². The van der Waals surface area contributed by atoms with Crippen LogP contribution in [0.4, 0.5) is 0 Å². The molecular formula is C15H12Br2ClI. The first-order valence-corrected chi connectivity index (χ1v) is 8.86. The van der Waals surface area contributed by atoms with Crippen LogP contribution < -0.4 is 0 Å². The van der Waals surface area contributed by atoms with E-state index >= 15 is 0 Å². The van der Waals surface area contributed by atoms with Crippen molar-refractivity contribution in [2.75, 3.05) is 0 Å². The number of benzene rings is 2. The molecule has 0 saturated heterocycles. The van der Waals surface area contributed by atoms with Gasteiger partial charge in [-0.3, -0.25) is 0 Å². The van der Waals surface area contributed by atoms with E-state index in [0.29, 0.717) is 0 Å². The quantitative estimate of drug-likeness (QED) is 0.307. The van der Waals surface area contributed by atoms with Gasteiger partial charge in [0.25, 0.3) is 0 Å². The van der Waals surface area contributed by atoms with Gasteiger partial charge >= 0.3 is 0 Å². The standard InChI is InChI=1S/C15H12Br2ClI/c1-8-6-13(17)9(2)5-11(8)15(18)12-7-10(16)3-4-14(12)19/h3-7,15H,1-2H3. The van der Waals surface area contributed by atoms with E-state index in [9.17, 15) is 0 Å². The van der Waals surface area contributed by atoms with E-state index in [0.717, 1.165) is 14.5 Å². The van der Waals surface area contributed by atoms with Gasteiger partial charge in [0.15, 0.2) is 0 Å². The number of alkyl halides is 1. The average Bonchev–Trinajstić information content (AvgIpc) is 2.36. The molecule has 1 atom stereocenters. The highest BCUT2D eigenvalue weighted by molar-refractivity contribution is 14.1. The van der Waals surface area contributed by atoms with Crippen molar-refractivity contribution in [3.63, 3.8) is 0 Å². The lowest BCUT2D eigenvalue weighted by Crippen LogP contribution is -2.00. The molecule has 0 heterocycles. The van der Waals surface area contributed by atoms with E-state index in [1.807, 2.05) is 6.07 Å². The molecule has 0 aliphatic heterocycles. The molecule has 4 heteroatoms. The van der Waals surface area contributed by atoms with Gasteiger partial charge < -0.3 is 0 Å². The number of aryl methyl sites for hydroxylation is 2. The van der Waals surface area contributed by atoms with Crippen LogP contribution >= 0.6 is 66.1 Å². The highest BCUT2D eigenvalue weighted by atomic mass is 127. The van der Waals surface area contributed by atoms with Gasteiger partial charge in [-0.25, -0.2) is 0 Å². The monoisotopic (exact) mass is 512 g/mol. The summed E-state index contributed by atoms with van der Waals surface area (Å²) in [5.41, 5.74) is 4.71. The van der Waals surface area contributed by atoms with Gasteiger partial charge in [-0.15, -0.1) is 11.6 Å². The number of halogens is 4. The normalized spacial score (nSPS) is 12.5. The summed E-state index contributed by atoms with van der Waals surface area (Å²) in [6.45, 7) is 4.18. The van der Waals surface area contributed by atoms with Crippen LogP contribution in [0.5, 0.6) is 0 Å². The van der Waals surface area contributed by atoms with Crippen LogP contribution in [-0.2, 0) is 0 Å². The van der Waals surface area contributed by atoms with E-state index < -0.39 is 0 Å². The Bertz CT molecular complexity index is 626. The first-order chi connectivity index (χ1) is 8.90. The Morgan fingerprint density at radius 1 is 1.00 bits per heavy atom. The fraction of sp³-hybridized carbons (Fsp3) is 0.200. The second-order valence-electron chi connectivity index (χ2n) is 4.49. The van der Waals surface area contributed by atoms with Gasteiger partial charge in [0.1, 0.15) is 0 Å². The Hall–Kier alpha value is 0.420. The van der Waals surface area contributed by atoms with Gasteiger partial charge in [0, 0.05) is 12.5 Å². The first-order valence-electron chi connectivity index (χ1n) is 5.76. The summed E-state index contributed by atoms with van der Waals surface area (Å²) in [5.74, 6) is 0. The summed E-state index contributed by atoms with van der Waals surface area (Å²) in [4.78, 5) is 0. The van der Waals surface area contributed by atoms with E-state index in [2.05, 4.69) is 92.6 Å². The molecule has 0 N–H and O–H groups in total. The lowest BCUT2D eigenvalue weighted by atomic mass is 9.98. The minimum Gasteiger partial charge on any atom is -0.113 e. The molecule has 0 nitrogen and oxygen atoms in total. The predicted octanol–water partition coefficient (Wildman–Crippen LogP) is 6.76. The molecule has 0 amide bonds. The van der Waals surface area contributed by atoms with Crippen molar-refractivity contribution in [3.8, 4) is 0 Å². The fourth-order valence-electron chi connectivity index (χ4n) is 1.95. The molecule has 2 rings (SSSR count). The highest BCUT2D eigenvalue weighted by Gasteiger charge is 2.17. The SMILES string of the molecule is Cc1cc(C(Cl)c2cc(Br)ccc2I)c(C)cc1Br.